The number of aliphatic hydroxyl groups is 2. The van der Waals surface area contributed by atoms with E-state index in [1.54, 1.807) is 0 Å². The predicted molar refractivity (Wildman–Crippen MR) is 71.3 cm³/mol. The van der Waals surface area contributed by atoms with Crippen molar-refractivity contribution < 1.29 is 19.7 Å². The summed E-state index contributed by atoms with van der Waals surface area (Å²) in [5, 5.41) is 19.9. The van der Waals surface area contributed by atoms with Gasteiger partial charge in [0.1, 0.15) is 25.1 Å². The van der Waals surface area contributed by atoms with Crippen molar-refractivity contribution in [2.45, 2.75) is 23.0 Å². The van der Waals surface area contributed by atoms with Gasteiger partial charge < -0.3 is 25.4 Å². The molecule has 2 atom stereocenters. The van der Waals surface area contributed by atoms with E-state index >= 15 is 0 Å². The van der Waals surface area contributed by atoms with Crippen LogP contribution >= 0.6 is 12.6 Å². The number of ether oxygens (including phenoxy) is 2. The summed E-state index contributed by atoms with van der Waals surface area (Å²) in [6, 6.07) is 2.93. The molecular formula is C11H16BNO4S. The highest BCUT2D eigenvalue weighted by molar-refractivity contribution is 7.80. The summed E-state index contributed by atoms with van der Waals surface area (Å²) in [7, 11) is 8.53. The van der Waals surface area contributed by atoms with Crippen LogP contribution in [0.3, 0.4) is 0 Å². The number of methoxy groups -OCH3 is 2. The lowest BCUT2D eigenvalue weighted by molar-refractivity contribution is -0.0910. The van der Waals surface area contributed by atoms with Crippen LogP contribution in [0.2, 0.25) is 0 Å². The minimum atomic E-state index is -2.20. The molecule has 0 aromatic heterocycles. The largest absolute Gasteiger partial charge is 0.496 e. The molecule has 0 aliphatic heterocycles. The van der Waals surface area contributed by atoms with Crippen molar-refractivity contribution in [2.24, 2.45) is 5.73 Å². The number of rotatable bonds is 4. The van der Waals surface area contributed by atoms with Crippen molar-refractivity contribution in [3.05, 3.63) is 17.7 Å². The molecule has 0 amide bonds. The van der Waals surface area contributed by atoms with Gasteiger partial charge in [0.05, 0.1) is 19.7 Å². The van der Waals surface area contributed by atoms with E-state index in [1.165, 1.54) is 33.3 Å². The number of nitrogens with two attached hydrogens (primary N) is 1. The highest BCUT2D eigenvalue weighted by Crippen LogP contribution is 2.39. The third-order valence-corrected chi connectivity index (χ3v) is 3.03. The molecule has 7 heteroatoms. The molecule has 0 aliphatic carbocycles. The quantitative estimate of drug-likeness (QED) is 0.350. The van der Waals surface area contributed by atoms with Crippen molar-refractivity contribution >= 4 is 20.5 Å². The molecule has 0 heterocycles. The molecule has 1 aromatic rings. The Morgan fingerprint density at radius 3 is 2.11 bits per heavy atom. The fraction of sp³-hybridized carbons (Fsp3) is 0.455. The maximum atomic E-state index is 10.2. The van der Waals surface area contributed by atoms with Crippen molar-refractivity contribution in [3.63, 3.8) is 0 Å². The smallest absolute Gasteiger partial charge is 0.135 e. The van der Waals surface area contributed by atoms with E-state index in [9.17, 15) is 10.2 Å². The summed E-state index contributed by atoms with van der Waals surface area (Å²) in [5.74, 6) is 0.624. The molecule has 5 nitrogen and oxygen atoms in total. The van der Waals surface area contributed by atoms with Gasteiger partial charge in [-0.3, -0.25) is 0 Å². The molecule has 0 saturated carbocycles. The van der Waals surface area contributed by atoms with E-state index in [0.29, 0.717) is 10.6 Å². The van der Waals surface area contributed by atoms with Gasteiger partial charge in [-0.15, -0.1) is 12.6 Å². The van der Waals surface area contributed by atoms with Crippen LogP contribution in [0.1, 0.15) is 12.5 Å². The minimum absolute atomic E-state index is 0.104. The van der Waals surface area contributed by atoms with Crippen LogP contribution in [0.25, 0.3) is 0 Å². The Kier molecular flexibility index (Phi) is 4.22. The average Bonchev–Trinajstić information content (AvgIpc) is 2.26. The first kappa shape index (κ1) is 15.2. The van der Waals surface area contributed by atoms with E-state index in [1.807, 2.05) is 0 Å². The van der Waals surface area contributed by atoms with Crippen molar-refractivity contribution in [1.29, 1.82) is 0 Å². The summed E-state index contributed by atoms with van der Waals surface area (Å²) < 4.78 is 10.2. The Balaban J connectivity index is 3.48. The van der Waals surface area contributed by atoms with Gasteiger partial charge in [0, 0.05) is 10.5 Å². The van der Waals surface area contributed by atoms with Crippen LogP contribution < -0.4 is 15.2 Å². The highest BCUT2D eigenvalue weighted by Gasteiger charge is 2.41. The van der Waals surface area contributed by atoms with E-state index in [0.717, 1.165) is 0 Å². The normalized spacial score (nSPS) is 17.7. The first-order chi connectivity index (χ1) is 8.15. The zero-order valence-corrected chi connectivity index (χ0v) is 11.4. The molecule has 18 heavy (non-hydrogen) atoms. The third kappa shape index (κ3) is 2.59. The van der Waals surface area contributed by atoms with Gasteiger partial charge in [0.15, 0.2) is 0 Å². The van der Waals surface area contributed by atoms with Crippen LogP contribution in [0.4, 0.5) is 0 Å². The third-order valence-electron chi connectivity index (χ3n) is 2.68. The molecular weight excluding hydrogens is 253 g/mol. The number of hydrogen-bond acceptors (Lipinski definition) is 6. The molecule has 1 rings (SSSR count). The zero-order valence-electron chi connectivity index (χ0n) is 10.5. The summed E-state index contributed by atoms with van der Waals surface area (Å²) in [6.45, 7) is 1.19. The molecule has 0 spiro atoms. The van der Waals surface area contributed by atoms with Crippen molar-refractivity contribution in [2.75, 3.05) is 14.2 Å². The number of benzene rings is 1. The maximum Gasteiger partial charge on any atom is 0.135 e. The molecule has 0 aliphatic rings. The second-order valence-electron chi connectivity index (χ2n) is 4.14. The molecule has 0 saturated heterocycles. The second kappa shape index (κ2) is 5.01. The fourth-order valence-corrected chi connectivity index (χ4v) is 1.73. The molecule has 0 fully saturated rings. The summed E-state index contributed by atoms with van der Waals surface area (Å²) in [4.78, 5) is 0.505. The summed E-state index contributed by atoms with van der Waals surface area (Å²) in [5.41, 5.74) is 1.31. The van der Waals surface area contributed by atoms with Crippen LogP contribution in [0.15, 0.2) is 17.0 Å². The first-order valence-corrected chi connectivity index (χ1v) is 5.57. The van der Waals surface area contributed by atoms with Gasteiger partial charge in [-0.25, -0.2) is 0 Å². The molecule has 0 bridgehead atoms. The monoisotopic (exact) mass is 269 g/mol. The van der Waals surface area contributed by atoms with Gasteiger partial charge in [-0.1, -0.05) is 0 Å². The summed E-state index contributed by atoms with van der Waals surface area (Å²) >= 11 is 4.20. The second-order valence-corrected chi connectivity index (χ2v) is 4.62. The van der Waals surface area contributed by atoms with Gasteiger partial charge >= 0.3 is 0 Å². The Bertz CT molecular complexity index is 445. The SMILES string of the molecule is [B]C(O)(c1cc(OC)c(S)cc1OC)C(C)(N)O. The number of hydrogen-bond donors (Lipinski definition) is 4. The van der Waals surface area contributed by atoms with Gasteiger partial charge in [0.2, 0.25) is 0 Å². The zero-order chi connectivity index (χ0) is 14.1. The Morgan fingerprint density at radius 2 is 1.72 bits per heavy atom. The highest BCUT2D eigenvalue weighted by atomic mass is 32.1. The van der Waals surface area contributed by atoms with E-state index in [-0.39, 0.29) is 11.3 Å². The average molecular weight is 269 g/mol. The molecule has 4 N–H and O–H groups in total. The van der Waals surface area contributed by atoms with E-state index < -0.39 is 11.2 Å². The Labute approximate surface area is 113 Å². The lowest BCUT2D eigenvalue weighted by Crippen LogP contribution is -2.57. The topological polar surface area (TPSA) is 84.9 Å². The van der Waals surface area contributed by atoms with Crippen LogP contribution in [-0.2, 0) is 5.50 Å². The maximum absolute atomic E-state index is 10.2. The van der Waals surface area contributed by atoms with Crippen LogP contribution in [0, 0.1) is 0 Å². The van der Waals surface area contributed by atoms with Gasteiger partial charge in [0.25, 0.3) is 0 Å². The van der Waals surface area contributed by atoms with Crippen LogP contribution in [-0.4, -0.2) is 38.0 Å². The Hall–Kier alpha value is -0.885. The first-order valence-electron chi connectivity index (χ1n) is 5.13. The minimum Gasteiger partial charge on any atom is -0.496 e. The van der Waals surface area contributed by atoms with Crippen molar-refractivity contribution in [1.82, 2.24) is 0 Å². The fourth-order valence-electron chi connectivity index (χ4n) is 1.45. The Morgan fingerprint density at radius 1 is 1.22 bits per heavy atom. The predicted octanol–water partition coefficient (Wildman–Crippen LogP) is -0.0267. The summed E-state index contributed by atoms with van der Waals surface area (Å²) in [6.07, 6.45) is 0. The number of thiol groups is 1. The lowest BCUT2D eigenvalue weighted by Gasteiger charge is -2.37. The molecule has 2 radical (unpaired) electrons. The molecule has 1 aromatic carbocycles. The van der Waals surface area contributed by atoms with E-state index in [2.05, 4.69) is 12.6 Å². The van der Waals surface area contributed by atoms with Crippen molar-refractivity contribution in [3.8, 4) is 11.5 Å². The lowest BCUT2D eigenvalue weighted by atomic mass is 9.68. The van der Waals surface area contributed by atoms with E-state index in [4.69, 9.17) is 23.1 Å². The molecule has 2 unspecified atom stereocenters. The molecule has 98 valence electrons. The standard InChI is InChI=1S/C11H16BNO4S/c1-10(13,14)11(12,15)6-4-8(17-3)9(18)5-7(6)16-2/h4-5,14-15,18H,13H2,1-3H3. The van der Waals surface area contributed by atoms with Gasteiger partial charge in [-0.05, 0) is 19.1 Å². The van der Waals surface area contributed by atoms with Crippen LogP contribution in [0.5, 0.6) is 11.5 Å². The van der Waals surface area contributed by atoms with Gasteiger partial charge in [-0.2, -0.15) is 0 Å².